The Balaban J connectivity index is 2.88. The van der Waals surface area contributed by atoms with E-state index in [4.69, 9.17) is 40.5 Å². The number of amides is 1. The Labute approximate surface area is 127 Å². The van der Waals surface area contributed by atoms with Crippen molar-refractivity contribution < 1.29 is 9.59 Å². The van der Waals surface area contributed by atoms with Crippen LogP contribution in [0.25, 0.3) is 0 Å². The molecule has 4 nitrogen and oxygen atoms in total. The summed E-state index contributed by atoms with van der Waals surface area (Å²) in [4.78, 5) is 23.6. The van der Waals surface area contributed by atoms with E-state index < -0.39 is 15.5 Å². The van der Waals surface area contributed by atoms with Crippen molar-refractivity contribution in [2.45, 2.75) is 48.9 Å². The zero-order valence-electron chi connectivity index (χ0n) is 10.6. The molecular weight excluding hydrogens is 311 g/mol. The van der Waals surface area contributed by atoms with E-state index in [9.17, 15) is 9.59 Å². The Morgan fingerprint density at radius 1 is 1.16 bits per heavy atom. The number of rotatable bonds is 3. The summed E-state index contributed by atoms with van der Waals surface area (Å²) >= 11 is 16.9. The third kappa shape index (κ3) is 4.86. The fourth-order valence-corrected chi connectivity index (χ4v) is 2.40. The molecule has 3 N–H and O–H groups in total. The highest BCUT2D eigenvalue weighted by Gasteiger charge is 2.32. The van der Waals surface area contributed by atoms with Crippen LogP contribution in [-0.4, -0.2) is 21.5 Å². The van der Waals surface area contributed by atoms with Crippen molar-refractivity contribution in [2.24, 2.45) is 5.73 Å². The van der Waals surface area contributed by atoms with Crippen LogP contribution in [0.4, 0.5) is 0 Å². The van der Waals surface area contributed by atoms with Gasteiger partial charge in [0.15, 0.2) is 5.78 Å². The van der Waals surface area contributed by atoms with Crippen LogP contribution in [0.15, 0.2) is 11.3 Å². The molecule has 19 heavy (non-hydrogen) atoms. The number of nitrogens with two attached hydrogens (primary N) is 1. The Kier molecular flexibility index (Phi) is 5.96. The van der Waals surface area contributed by atoms with E-state index in [1.807, 2.05) is 0 Å². The number of carbonyl (C=O) groups is 2. The van der Waals surface area contributed by atoms with E-state index in [0.717, 1.165) is 32.1 Å². The number of hydrogen-bond acceptors (Lipinski definition) is 3. The average Bonchev–Trinajstić information content (AvgIpc) is 2.28. The SMILES string of the molecule is CC(=O)/C(C(=O)NC1CCCCC1)=C(/N)C(Cl)(Cl)Cl. The van der Waals surface area contributed by atoms with Crippen LogP contribution in [-0.2, 0) is 9.59 Å². The highest BCUT2D eigenvalue weighted by molar-refractivity contribution is 6.69. The molecule has 0 aromatic rings. The predicted octanol–water partition coefficient (Wildman–Crippen LogP) is 2.61. The second-order valence-electron chi connectivity index (χ2n) is 4.65. The average molecular weight is 328 g/mol. The molecule has 1 aliphatic carbocycles. The van der Waals surface area contributed by atoms with Crippen LogP contribution in [0, 0.1) is 0 Å². The molecule has 1 amide bonds. The maximum Gasteiger partial charge on any atom is 0.257 e. The lowest BCUT2D eigenvalue weighted by Crippen LogP contribution is -2.40. The first-order valence-electron chi connectivity index (χ1n) is 6.12. The standard InChI is InChI=1S/C12H17Cl3N2O2/c1-7(18)9(10(16)12(13,14)15)11(19)17-8-5-3-2-4-6-8/h8H,2-6,16H2,1H3,(H,17,19)/b10-9-. The number of ketones is 1. The molecule has 1 saturated carbocycles. The summed E-state index contributed by atoms with van der Waals surface area (Å²) in [5.74, 6) is -1.08. The molecule has 0 bridgehead atoms. The van der Waals surface area contributed by atoms with Gasteiger partial charge in [0.2, 0.25) is 3.79 Å². The van der Waals surface area contributed by atoms with Crippen molar-refractivity contribution in [3.63, 3.8) is 0 Å². The minimum Gasteiger partial charge on any atom is -0.398 e. The van der Waals surface area contributed by atoms with E-state index in [1.54, 1.807) is 0 Å². The lowest BCUT2D eigenvalue weighted by atomic mass is 9.95. The van der Waals surface area contributed by atoms with Gasteiger partial charge >= 0.3 is 0 Å². The van der Waals surface area contributed by atoms with Crippen LogP contribution in [0.1, 0.15) is 39.0 Å². The van der Waals surface area contributed by atoms with Gasteiger partial charge in [-0.1, -0.05) is 54.1 Å². The van der Waals surface area contributed by atoms with Gasteiger partial charge in [0.25, 0.3) is 5.91 Å². The van der Waals surface area contributed by atoms with Gasteiger partial charge in [-0.2, -0.15) is 0 Å². The molecule has 0 saturated heterocycles. The van der Waals surface area contributed by atoms with Crippen LogP contribution < -0.4 is 11.1 Å². The second-order valence-corrected chi connectivity index (χ2v) is 6.93. The minimum atomic E-state index is -1.97. The number of carbonyl (C=O) groups excluding carboxylic acids is 2. The Bertz CT molecular complexity index is 396. The summed E-state index contributed by atoms with van der Waals surface area (Å²) in [5, 5.41) is 2.78. The zero-order valence-corrected chi connectivity index (χ0v) is 12.9. The summed E-state index contributed by atoms with van der Waals surface area (Å²) in [6.45, 7) is 1.22. The molecule has 0 aliphatic heterocycles. The number of halogens is 3. The van der Waals surface area contributed by atoms with Gasteiger partial charge in [-0.15, -0.1) is 0 Å². The van der Waals surface area contributed by atoms with Crippen molar-refractivity contribution in [3.05, 3.63) is 11.3 Å². The maximum absolute atomic E-state index is 12.1. The summed E-state index contributed by atoms with van der Waals surface area (Å²) in [5.41, 5.74) is 5.00. The van der Waals surface area contributed by atoms with Crippen LogP contribution in [0.3, 0.4) is 0 Å². The number of Topliss-reactive ketones (excluding diaryl/α,β-unsaturated/α-hetero) is 1. The quantitative estimate of drug-likeness (QED) is 0.362. The summed E-state index contributed by atoms with van der Waals surface area (Å²) in [7, 11) is 0. The van der Waals surface area contributed by atoms with Gasteiger partial charge in [-0.05, 0) is 19.8 Å². The molecule has 1 rings (SSSR count). The molecule has 0 spiro atoms. The summed E-state index contributed by atoms with van der Waals surface area (Å²) < 4.78 is -1.97. The van der Waals surface area contributed by atoms with E-state index in [1.165, 1.54) is 6.92 Å². The molecule has 0 radical (unpaired) electrons. The summed E-state index contributed by atoms with van der Waals surface area (Å²) in [6.07, 6.45) is 5.07. The number of nitrogens with one attached hydrogen (secondary N) is 1. The van der Waals surface area contributed by atoms with Crippen molar-refractivity contribution in [1.29, 1.82) is 0 Å². The molecule has 7 heteroatoms. The first-order chi connectivity index (χ1) is 8.73. The van der Waals surface area contributed by atoms with Gasteiger partial charge < -0.3 is 11.1 Å². The number of allylic oxidation sites excluding steroid dienone is 1. The van der Waals surface area contributed by atoms with Crippen LogP contribution >= 0.6 is 34.8 Å². The molecule has 1 fully saturated rings. The maximum atomic E-state index is 12.1. The van der Waals surface area contributed by atoms with Crippen molar-refractivity contribution >= 4 is 46.5 Å². The fourth-order valence-electron chi connectivity index (χ4n) is 2.12. The monoisotopic (exact) mass is 326 g/mol. The molecule has 0 atom stereocenters. The first-order valence-corrected chi connectivity index (χ1v) is 7.25. The smallest absolute Gasteiger partial charge is 0.257 e. The molecule has 0 aromatic carbocycles. The van der Waals surface area contributed by atoms with Crippen molar-refractivity contribution in [1.82, 2.24) is 5.32 Å². The third-order valence-corrected chi connectivity index (χ3v) is 3.71. The Morgan fingerprint density at radius 2 is 1.68 bits per heavy atom. The Hall–Kier alpha value is -0.450. The van der Waals surface area contributed by atoms with E-state index >= 15 is 0 Å². The van der Waals surface area contributed by atoms with Gasteiger partial charge in [-0.3, -0.25) is 9.59 Å². The minimum absolute atomic E-state index is 0.0544. The molecule has 108 valence electrons. The largest absolute Gasteiger partial charge is 0.398 e. The predicted molar refractivity (Wildman–Crippen MR) is 77.2 cm³/mol. The van der Waals surface area contributed by atoms with E-state index in [2.05, 4.69) is 5.32 Å². The highest BCUT2D eigenvalue weighted by Crippen LogP contribution is 2.33. The molecule has 0 unspecified atom stereocenters. The Morgan fingerprint density at radius 3 is 2.11 bits per heavy atom. The molecule has 0 aromatic heterocycles. The summed E-state index contributed by atoms with van der Waals surface area (Å²) in [6, 6.07) is 0.0544. The lowest BCUT2D eigenvalue weighted by molar-refractivity contribution is -0.122. The zero-order chi connectivity index (χ0) is 14.6. The highest BCUT2D eigenvalue weighted by atomic mass is 35.6. The van der Waals surface area contributed by atoms with Crippen LogP contribution in [0.2, 0.25) is 0 Å². The van der Waals surface area contributed by atoms with Gasteiger partial charge in [-0.25, -0.2) is 0 Å². The normalized spacial score (nSPS) is 18.7. The lowest BCUT2D eigenvalue weighted by Gasteiger charge is -2.24. The second kappa shape index (κ2) is 6.82. The topological polar surface area (TPSA) is 72.2 Å². The molecular formula is C12H17Cl3N2O2. The van der Waals surface area contributed by atoms with Gasteiger partial charge in [0.05, 0.1) is 5.70 Å². The van der Waals surface area contributed by atoms with Gasteiger partial charge in [0.1, 0.15) is 5.57 Å². The van der Waals surface area contributed by atoms with E-state index in [-0.39, 0.29) is 17.3 Å². The van der Waals surface area contributed by atoms with Gasteiger partial charge in [0, 0.05) is 6.04 Å². The number of hydrogen-bond donors (Lipinski definition) is 2. The number of alkyl halides is 3. The van der Waals surface area contributed by atoms with Crippen molar-refractivity contribution in [2.75, 3.05) is 0 Å². The van der Waals surface area contributed by atoms with Crippen LogP contribution in [0.5, 0.6) is 0 Å². The molecule has 0 heterocycles. The fraction of sp³-hybridized carbons (Fsp3) is 0.667. The third-order valence-electron chi connectivity index (χ3n) is 3.09. The molecule has 1 aliphatic rings. The van der Waals surface area contributed by atoms with E-state index in [0.29, 0.717) is 0 Å². The van der Waals surface area contributed by atoms with Crippen molar-refractivity contribution in [3.8, 4) is 0 Å². The first kappa shape index (κ1) is 16.6.